The molecule has 0 aliphatic rings. The number of halogens is 2. The zero-order valence-corrected chi connectivity index (χ0v) is 21.1. The number of alkyl carbamates (subject to hydrolysis) is 1. The number of benzene rings is 1. The number of ether oxygens (including phenoxy) is 3. The fourth-order valence-electron chi connectivity index (χ4n) is 3.29. The van der Waals surface area contributed by atoms with Gasteiger partial charge in [-0.2, -0.15) is 4.98 Å². The maximum absolute atomic E-state index is 12.2. The number of amides is 1. The first-order chi connectivity index (χ1) is 16.2. The average molecular weight is 510 g/mol. The Labute approximate surface area is 208 Å². The molecule has 0 bridgehead atoms. The van der Waals surface area contributed by atoms with Crippen LogP contribution in [0.4, 0.5) is 10.6 Å². The summed E-state index contributed by atoms with van der Waals surface area (Å²) in [7, 11) is 1.53. The topological polar surface area (TPSA) is 110 Å². The molecule has 0 spiro atoms. The normalized spacial score (nSPS) is 12.4. The lowest BCUT2D eigenvalue weighted by Crippen LogP contribution is -2.44. The SMILES string of the molecule is COC[C@H](COc1c(Cl)nc(Cl)nc1NCCc1c[nH]c2ccccc12)NC(=O)OC(C)(C)C. The van der Waals surface area contributed by atoms with Crippen molar-refractivity contribution in [3.63, 3.8) is 0 Å². The van der Waals surface area contributed by atoms with Crippen LogP contribution in [0.3, 0.4) is 0 Å². The van der Waals surface area contributed by atoms with Gasteiger partial charge in [-0.15, -0.1) is 0 Å². The van der Waals surface area contributed by atoms with Gasteiger partial charge in [0, 0.05) is 30.8 Å². The quantitative estimate of drug-likeness (QED) is 0.265. The molecule has 0 aliphatic carbocycles. The number of aromatic nitrogens is 3. The second kappa shape index (κ2) is 11.6. The molecule has 2 aromatic heterocycles. The number of para-hydroxylation sites is 1. The van der Waals surface area contributed by atoms with Gasteiger partial charge in [-0.1, -0.05) is 29.8 Å². The Balaban J connectivity index is 1.66. The van der Waals surface area contributed by atoms with Gasteiger partial charge in [0.2, 0.25) is 5.28 Å². The molecule has 0 saturated heterocycles. The standard InChI is InChI=1S/C23H29Cl2N5O4/c1-23(2,3)34-22(31)28-15(12-32-4)13-33-18-19(24)29-21(25)30-20(18)26-10-9-14-11-27-17-8-6-5-7-16(14)17/h5-8,11,15,27H,9-10,12-13H2,1-4H3,(H,28,31)(H,26,29,30)/t15-/m1/s1. The molecule has 0 radical (unpaired) electrons. The van der Waals surface area contributed by atoms with Gasteiger partial charge in [-0.3, -0.25) is 0 Å². The van der Waals surface area contributed by atoms with E-state index >= 15 is 0 Å². The highest BCUT2D eigenvalue weighted by atomic mass is 35.5. The lowest BCUT2D eigenvalue weighted by Gasteiger charge is -2.24. The smallest absolute Gasteiger partial charge is 0.408 e. The van der Waals surface area contributed by atoms with Crippen LogP contribution in [-0.2, 0) is 15.9 Å². The van der Waals surface area contributed by atoms with E-state index in [9.17, 15) is 4.79 Å². The van der Waals surface area contributed by atoms with Gasteiger partial charge in [-0.25, -0.2) is 9.78 Å². The van der Waals surface area contributed by atoms with E-state index < -0.39 is 17.7 Å². The van der Waals surface area contributed by atoms with Crippen LogP contribution >= 0.6 is 23.2 Å². The van der Waals surface area contributed by atoms with Crippen molar-refractivity contribution in [1.29, 1.82) is 0 Å². The summed E-state index contributed by atoms with van der Waals surface area (Å²) in [6, 6.07) is 7.60. The molecule has 11 heteroatoms. The zero-order valence-electron chi connectivity index (χ0n) is 19.6. The van der Waals surface area contributed by atoms with Crippen LogP contribution < -0.4 is 15.4 Å². The molecule has 184 valence electrons. The molecular formula is C23H29Cl2N5O4. The van der Waals surface area contributed by atoms with E-state index in [0.717, 1.165) is 17.3 Å². The predicted molar refractivity (Wildman–Crippen MR) is 133 cm³/mol. The van der Waals surface area contributed by atoms with Crippen molar-refractivity contribution in [1.82, 2.24) is 20.3 Å². The van der Waals surface area contributed by atoms with Crippen molar-refractivity contribution < 1.29 is 19.0 Å². The maximum Gasteiger partial charge on any atom is 0.408 e. The Bertz CT molecular complexity index is 1120. The largest absolute Gasteiger partial charge is 0.485 e. The highest BCUT2D eigenvalue weighted by molar-refractivity contribution is 6.33. The zero-order chi connectivity index (χ0) is 24.7. The predicted octanol–water partition coefficient (Wildman–Crippen LogP) is 4.84. The van der Waals surface area contributed by atoms with Crippen molar-refractivity contribution in [2.45, 2.75) is 38.8 Å². The number of hydrogen-bond donors (Lipinski definition) is 3. The molecule has 1 atom stereocenters. The Kier molecular flexibility index (Phi) is 8.82. The number of nitrogens with one attached hydrogen (secondary N) is 3. The number of nitrogens with zero attached hydrogens (tertiary/aromatic N) is 2. The summed E-state index contributed by atoms with van der Waals surface area (Å²) in [6.07, 6.45) is 2.14. The number of H-pyrrole nitrogens is 1. The van der Waals surface area contributed by atoms with Crippen LogP contribution in [0.15, 0.2) is 30.5 Å². The first-order valence-electron chi connectivity index (χ1n) is 10.8. The number of carbonyl (C=O) groups excluding carboxylic acids is 1. The minimum Gasteiger partial charge on any atom is -0.485 e. The molecule has 0 aliphatic heterocycles. The van der Waals surface area contributed by atoms with Crippen molar-refractivity contribution in [3.05, 3.63) is 46.5 Å². The molecule has 3 aromatic rings. The monoisotopic (exact) mass is 509 g/mol. The van der Waals surface area contributed by atoms with E-state index in [1.54, 1.807) is 20.8 Å². The second-order valence-corrected chi connectivity index (χ2v) is 9.30. The summed E-state index contributed by atoms with van der Waals surface area (Å²) in [5.74, 6) is 0.593. The van der Waals surface area contributed by atoms with Gasteiger partial charge < -0.3 is 29.8 Å². The number of methoxy groups -OCH3 is 1. The van der Waals surface area contributed by atoms with E-state index in [0.29, 0.717) is 12.4 Å². The fourth-order valence-corrected chi connectivity index (χ4v) is 3.73. The third-order valence-corrected chi connectivity index (χ3v) is 5.10. The van der Waals surface area contributed by atoms with E-state index in [2.05, 4.69) is 31.7 Å². The summed E-state index contributed by atoms with van der Waals surface area (Å²) >= 11 is 12.3. The van der Waals surface area contributed by atoms with E-state index in [1.165, 1.54) is 12.7 Å². The molecule has 1 aromatic carbocycles. The highest BCUT2D eigenvalue weighted by Crippen LogP contribution is 2.31. The number of rotatable bonds is 10. The molecule has 3 rings (SSSR count). The van der Waals surface area contributed by atoms with Crippen LogP contribution in [0.25, 0.3) is 10.9 Å². The number of hydrogen-bond acceptors (Lipinski definition) is 7. The molecule has 0 fully saturated rings. The first-order valence-corrected chi connectivity index (χ1v) is 11.5. The van der Waals surface area contributed by atoms with Crippen LogP contribution in [0.1, 0.15) is 26.3 Å². The lowest BCUT2D eigenvalue weighted by atomic mass is 10.1. The van der Waals surface area contributed by atoms with Crippen LogP contribution in [0.5, 0.6) is 5.75 Å². The Morgan fingerprint density at radius 2 is 1.94 bits per heavy atom. The minimum absolute atomic E-state index is 0.00716. The molecule has 9 nitrogen and oxygen atoms in total. The summed E-state index contributed by atoms with van der Waals surface area (Å²) in [4.78, 5) is 23.6. The van der Waals surface area contributed by atoms with Crippen LogP contribution in [0.2, 0.25) is 10.4 Å². The Hall–Kier alpha value is -2.75. The summed E-state index contributed by atoms with van der Waals surface area (Å²) in [6.45, 7) is 6.16. The van der Waals surface area contributed by atoms with Gasteiger partial charge >= 0.3 is 6.09 Å². The van der Waals surface area contributed by atoms with E-state index in [4.69, 9.17) is 37.4 Å². The van der Waals surface area contributed by atoms with Crippen LogP contribution in [-0.4, -0.2) is 59.6 Å². The van der Waals surface area contributed by atoms with Crippen LogP contribution in [0, 0.1) is 0 Å². The van der Waals surface area contributed by atoms with Crippen molar-refractivity contribution in [2.24, 2.45) is 0 Å². The summed E-state index contributed by atoms with van der Waals surface area (Å²) in [5.41, 5.74) is 1.62. The van der Waals surface area contributed by atoms with Gasteiger partial charge in [0.15, 0.2) is 16.7 Å². The molecule has 0 saturated carbocycles. The Morgan fingerprint density at radius 1 is 1.18 bits per heavy atom. The molecule has 0 unspecified atom stereocenters. The van der Waals surface area contributed by atoms with Crippen molar-refractivity contribution in [2.75, 3.05) is 32.2 Å². The van der Waals surface area contributed by atoms with Gasteiger partial charge in [-0.05, 0) is 50.4 Å². The lowest BCUT2D eigenvalue weighted by molar-refractivity contribution is 0.0438. The summed E-state index contributed by atoms with van der Waals surface area (Å²) < 4.78 is 16.4. The molecule has 1 amide bonds. The number of carbonyl (C=O) groups is 1. The molecular weight excluding hydrogens is 481 g/mol. The minimum atomic E-state index is -0.627. The maximum atomic E-state index is 12.2. The molecule has 3 N–H and O–H groups in total. The molecule has 34 heavy (non-hydrogen) atoms. The third-order valence-electron chi connectivity index (χ3n) is 4.68. The average Bonchev–Trinajstić information content (AvgIpc) is 3.15. The number of aromatic amines is 1. The highest BCUT2D eigenvalue weighted by Gasteiger charge is 2.22. The first kappa shape index (κ1) is 25.9. The third kappa shape index (κ3) is 7.38. The van der Waals surface area contributed by atoms with E-state index in [1.807, 2.05) is 24.4 Å². The summed E-state index contributed by atoms with van der Waals surface area (Å²) in [5, 5.41) is 7.17. The Morgan fingerprint density at radius 3 is 2.68 bits per heavy atom. The fraction of sp³-hybridized carbons (Fsp3) is 0.435. The molecule has 2 heterocycles. The van der Waals surface area contributed by atoms with Crippen molar-refractivity contribution in [3.8, 4) is 5.75 Å². The number of anilines is 1. The van der Waals surface area contributed by atoms with Gasteiger partial charge in [0.25, 0.3) is 0 Å². The van der Waals surface area contributed by atoms with Crippen molar-refractivity contribution >= 4 is 46.0 Å². The second-order valence-electron chi connectivity index (χ2n) is 8.61. The van der Waals surface area contributed by atoms with Gasteiger partial charge in [0.05, 0.1) is 12.6 Å². The number of fused-ring (bicyclic) bond motifs is 1. The van der Waals surface area contributed by atoms with Gasteiger partial charge in [0.1, 0.15) is 12.2 Å². The van der Waals surface area contributed by atoms with E-state index in [-0.39, 0.29) is 29.4 Å².